The monoisotopic (exact) mass is 303 g/mol. The molecule has 0 fully saturated rings. The first kappa shape index (κ1) is 15.7. The van der Waals surface area contributed by atoms with Crippen molar-refractivity contribution in [3.8, 4) is 0 Å². The van der Waals surface area contributed by atoms with Crippen molar-refractivity contribution < 1.29 is 8.42 Å². The van der Waals surface area contributed by atoms with E-state index in [4.69, 9.17) is 0 Å². The molecule has 3 nitrogen and oxygen atoms in total. The zero-order valence-corrected chi connectivity index (χ0v) is 13.5. The summed E-state index contributed by atoms with van der Waals surface area (Å²) in [6.45, 7) is 2.98. The Kier molecular flexibility index (Phi) is 4.80. The summed E-state index contributed by atoms with van der Waals surface area (Å²) in [7, 11) is -1.06. The maximum absolute atomic E-state index is 11.5. The molecule has 21 heavy (non-hydrogen) atoms. The van der Waals surface area contributed by atoms with E-state index in [2.05, 4.69) is 31.0 Å². The highest BCUT2D eigenvalue weighted by molar-refractivity contribution is 7.90. The molecule has 1 unspecified atom stereocenters. The maximum atomic E-state index is 11.5. The maximum Gasteiger partial charge on any atom is 0.175 e. The molecule has 0 aliphatic rings. The molecule has 0 saturated carbocycles. The third-order valence-electron chi connectivity index (χ3n) is 3.73. The third kappa shape index (κ3) is 4.16. The predicted octanol–water partition coefficient (Wildman–Crippen LogP) is 3.28. The Hall–Kier alpha value is -1.65. The van der Waals surface area contributed by atoms with Gasteiger partial charge in [0, 0.05) is 18.8 Å². The second-order valence-electron chi connectivity index (χ2n) is 5.42. The first-order chi connectivity index (χ1) is 9.88. The first-order valence-corrected chi connectivity index (χ1v) is 8.81. The molecule has 0 heterocycles. The molecule has 1 atom stereocenters. The molecule has 0 N–H and O–H groups in total. The largest absolute Gasteiger partial charge is 0.295 e. The highest BCUT2D eigenvalue weighted by Gasteiger charge is 2.13. The molecule has 112 valence electrons. The Morgan fingerprint density at radius 2 is 1.57 bits per heavy atom. The number of nitrogens with zero attached hydrogens (tertiary/aromatic N) is 1. The normalized spacial score (nSPS) is 13.3. The molecule has 0 spiro atoms. The first-order valence-electron chi connectivity index (χ1n) is 6.92. The lowest BCUT2D eigenvalue weighted by Gasteiger charge is -2.25. The van der Waals surface area contributed by atoms with Crippen molar-refractivity contribution in [2.24, 2.45) is 0 Å². The van der Waals surface area contributed by atoms with Gasteiger partial charge in [-0.05, 0) is 37.2 Å². The predicted molar refractivity (Wildman–Crippen MR) is 85.9 cm³/mol. The fraction of sp³-hybridized carbons (Fsp3) is 0.294. The van der Waals surface area contributed by atoms with Crippen LogP contribution in [0.2, 0.25) is 0 Å². The third-order valence-corrected chi connectivity index (χ3v) is 4.86. The summed E-state index contributed by atoms with van der Waals surface area (Å²) < 4.78 is 23.0. The SMILES string of the molecule is CC(c1ccc(S(C)(=O)=O)cc1)N(C)Cc1ccccc1. The van der Waals surface area contributed by atoms with E-state index < -0.39 is 9.84 Å². The molecule has 0 bridgehead atoms. The quantitative estimate of drug-likeness (QED) is 0.850. The van der Waals surface area contributed by atoms with E-state index in [0.717, 1.165) is 12.1 Å². The van der Waals surface area contributed by atoms with Crippen LogP contribution in [0.5, 0.6) is 0 Å². The summed E-state index contributed by atoms with van der Waals surface area (Å²) >= 11 is 0. The van der Waals surface area contributed by atoms with E-state index in [-0.39, 0.29) is 6.04 Å². The van der Waals surface area contributed by atoms with Crippen LogP contribution in [0.25, 0.3) is 0 Å². The van der Waals surface area contributed by atoms with Gasteiger partial charge in [0.15, 0.2) is 9.84 Å². The molecular formula is C17H21NO2S. The lowest BCUT2D eigenvalue weighted by atomic mass is 10.1. The van der Waals surface area contributed by atoms with Gasteiger partial charge in [0.05, 0.1) is 4.90 Å². The van der Waals surface area contributed by atoms with Crippen LogP contribution in [0.4, 0.5) is 0 Å². The summed E-state index contributed by atoms with van der Waals surface area (Å²) in [4.78, 5) is 2.61. The zero-order valence-electron chi connectivity index (χ0n) is 12.7. The van der Waals surface area contributed by atoms with Crippen molar-refractivity contribution in [2.45, 2.75) is 24.4 Å². The average Bonchev–Trinajstić information content (AvgIpc) is 2.46. The average molecular weight is 303 g/mol. The minimum atomic E-state index is -3.13. The summed E-state index contributed by atoms with van der Waals surface area (Å²) in [6, 6.07) is 17.7. The fourth-order valence-electron chi connectivity index (χ4n) is 2.26. The van der Waals surface area contributed by atoms with Gasteiger partial charge in [-0.15, -0.1) is 0 Å². The summed E-state index contributed by atoms with van der Waals surface area (Å²) in [5.74, 6) is 0. The van der Waals surface area contributed by atoms with Gasteiger partial charge in [-0.2, -0.15) is 0 Å². The van der Waals surface area contributed by atoms with E-state index in [0.29, 0.717) is 4.90 Å². The molecule has 0 aliphatic carbocycles. The summed E-state index contributed by atoms with van der Waals surface area (Å²) in [5.41, 5.74) is 2.38. The van der Waals surface area contributed by atoms with Crippen LogP contribution in [-0.2, 0) is 16.4 Å². The van der Waals surface area contributed by atoms with Gasteiger partial charge in [0.1, 0.15) is 0 Å². The lowest BCUT2D eigenvalue weighted by Crippen LogP contribution is -2.21. The standard InChI is InChI=1S/C17H21NO2S/c1-14(18(2)13-15-7-5-4-6-8-15)16-9-11-17(12-10-16)21(3,19)20/h4-12,14H,13H2,1-3H3. The van der Waals surface area contributed by atoms with E-state index in [1.54, 1.807) is 12.1 Å². The minimum absolute atomic E-state index is 0.221. The van der Waals surface area contributed by atoms with Crippen molar-refractivity contribution in [2.75, 3.05) is 13.3 Å². The zero-order chi connectivity index (χ0) is 15.5. The molecule has 2 rings (SSSR count). The van der Waals surface area contributed by atoms with Gasteiger partial charge in [-0.25, -0.2) is 8.42 Å². The molecule has 2 aromatic rings. The van der Waals surface area contributed by atoms with Crippen LogP contribution >= 0.6 is 0 Å². The van der Waals surface area contributed by atoms with E-state index in [9.17, 15) is 8.42 Å². The van der Waals surface area contributed by atoms with Crippen molar-refractivity contribution in [1.29, 1.82) is 0 Å². The molecule has 0 aromatic heterocycles. The molecule has 0 saturated heterocycles. The number of rotatable bonds is 5. The van der Waals surface area contributed by atoms with E-state index in [1.165, 1.54) is 11.8 Å². The Morgan fingerprint density at radius 1 is 1.00 bits per heavy atom. The molecule has 2 aromatic carbocycles. The van der Waals surface area contributed by atoms with E-state index in [1.807, 2.05) is 30.3 Å². The highest BCUT2D eigenvalue weighted by atomic mass is 32.2. The summed E-state index contributed by atoms with van der Waals surface area (Å²) in [5, 5.41) is 0. The van der Waals surface area contributed by atoms with Gasteiger partial charge in [-0.1, -0.05) is 42.5 Å². The van der Waals surface area contributed by atoms with Gasteiger partial charge in [0.25, 0.3) is 0 Å². The van der Waals surface area contributed by atoms with Crippen LogP contribution in [0, 0.1) is 0 Å². The van der Waals surface area contributed by atoms with Gasteiger partial charge in [0.2, 0.25) is 0 Å². The number of benzene rings is 2. The van der Waals surface area contributed by atoms with E-state index >= 15 is 0 Å². The van der Waals surface area contributed by atoms with Crippen molar-refractivity contribution in [3.05, 3.63) is 65.7 Å². The second kappa shape index (κ2) is 6.41. The van der Waals surface area contributed by atoms with Gasteiger partial charge in [-0.3, -0.25) is 4.90 Å². The lowest BCUT2D eigenvalue weighted by molar-refractivity contribution is 0.253. The van der Waals surface area contributed by atoms with Crippen LogP contribution in [0.1, 0.15) is 24.1 Å². The minimum Gasteiger partial charge on any atom is -0.295 e. The molecular weight excluding hydrogens is 282 g/mol. The Morgan fingerprint density at radius 3 is 2.10 bits per heavy atom. The van der Waals surface area contributed by atoms with Crippen LogP contribution in [0.15, 0.2) is 59.5 Å². The van der Waals surface area contributed by atoms with Gasteiger partial charge >= 0.3 is 0 Å². The smallest absolute Gasteiger partial charge is 0.175 e. The van der Waals surface area contributed by atoms with Crippen molar-refractivity contribution in [1.82, 2.24) is 4.90 Å². The fourth-order valence-corrected chi connectivity index (χ4v) is 2.89. The molecule has 0 amide bonds. The number of hydrogen-bond acceptors (Lipinski definition) is 3. The highest BCUT2D eigenvalue weighted by Crippen LogP contribution is 2.22. The number of hydrogen-bond donors (Lipinski definition) is 0. The van der Waals surface area contributed by atoms with Crippen molar-refractivity contribution in [3.63, 3.8) is 0 Å². The second-order valence-corrected chi connectivity index (χ2v) is 7.43. The topological polar surface area (TPSA) is 37.4 Å². The Labute approximate surface area is 127 Å². The van der Waals surface area contributed by atoms with Crippen LogP contribution in [-0.4, -0.2) is 26.6 Å². The Balaban J connectivity index is 2.10. The summed E-state index contributed by atoms with van der Waals surface area (Å²) in [6.07, 6.45) is 1.23. The Bertz CT molecular complexity index is 678. The van der Waals surface area contributed by atoms with Gasteiger partial charge < -0.3 is 0 Å². The van der Waals surface area contributed by atoms with Crippen LogP contribution in [0.3, 0.4) is 0 Å². The molecule has 4 heteroatoms. The van der Waals surface area contributed by atoms with Crippen LogP contribution < -0.4 is 0 Å². The molecule has 0 radical (unpaired) electrons. The number of sulfone groups is 1. The molecule has 0 aliphatic heterocycles. The van der Waals surface area contributed by atoms with Crippen molar-refractivity contribution >= 4 is 9.84 Å².